The summed E-state index contributed by atoms with van der Waals surface area (Å²) in [5, 5.41) is 43.0. The maximum Gasteiger partial charge on any atom is 0.243 e. The number of aliphatic hydroxyl groups is 4. The average Bonchev–Trinajstić information content (AvgIpc) is 0.755. The molecule has 3 unspecified atom stereocenters. The van der Waals surface area contributed by atoms with Gasteiger partial charge in [-0.25, -0.2) is 0 Å². The van der Waals surface area contributed by atoms with Crippen LogP contribution in [0.25, 0.3) is 23.0 Å². The van der Waals surface area contributed by atoms with E-state index in [4.69, 9.17) is 35.3 Å². The lowest BCUT2D eigenvalue weighted by Crippen LogP contribution is -2.54. The Labute approximate surface area is 779 Å². The fourth-order valence-corrected chi connectivity index (χ4v) is 24.5. The number of nitrogens with zero attached hydrogens (tertiary/aromatic N) is 4. The van der Waals surface area contributed by atoms with Crippen LogP contribution in [0.2, 0.25) is 5.02 Å². The van der Waals surface area contributed by atoms with E-state index in [0.29, 0.717) is 169 Å². The second-order valence-corrected chi connectivity index (χ2v) is 41.4. The smallest absolute Gasteiger partial charge is 0.243 e. The van der Waals surface area contributed by atoms with E-state index in [9.17, 15) is 58.8 Å². The Hall–Kier alpha value is -9.55. The number of hydrogen-bond acceptors (Lipinski definition) is 25. The van der Waals surface area contributed by atoms with E-state index in [0.717, 1.165) is 118 Å². The Bertz CT molecular complexity index is 5630. The van der Waals surface area contributed by atoms with Gasteiger partial charge in [0, 0.05) is 144 Å². The van der Waals surface area contributed by atoms with Gasteiger partial charge in [-0.3, -0.25) is 53.1 Å². The molecule has 12 aliphatic rings. The van der Waals surface area contributed by atoms with Gasteiger partial charge in [-0.1, -0.05) is 208 Å². The molecule has 130 heavy (non-hydrogen) atoms. The number of β-amino-alcohol motifs (C(OH)–C–C–N with tert-alkyl or cyclic N) is 4. The minimum absolute atomic E-state index is 0.0844. The number of carbonyl (C=O) groups is 8. The molecule has 4 fully saturated rings. The summed E-state index contributed by atoms with van der Waals surface area (Å²) in [6, 6.07) is 64.7. The van der Waals surface area contributed by atoms with Gasteiger partial charge in [0.1, 0.15) is 83.5 Å². The van der Waals surface area contributed by atoms with Crippen molar-refractivity contribution in [3.8, 4) is 5.75 Å². The van der Waals surface area contributed by atoms with Crippen LogP contribution >= 0.6 is 58.6 Å². The fraction of sp³-hybridized carbons (Fsp3) is 0.385. The molecule has 0 radical (unpaired) electrons. The number of aliphatic hydroxyl groups excluding tert-OH is 4. The van der Waals surface area contributed by atoms with Crippen molar-refractivity contribution in [1.82, 2.24) is 19.6 Å². The third kappa shape index (κ3) is 20.6. The lowest BCUT2D eigenvalue weighted by molar-refractivity contribution is -0.112. The number of thioether (sulfide) groups is 4. The van der Waals surface area contributed by atoms with Crippen LogP contribution in [-0.2, 0) is 62.8 Å². The first-order valence-corrected chi connectivity index (χ1v) is 49.2. The highest BCUT2D eigenvalue weighted by Crippen LogP contribution is 2.52. The van der Waals surface area contributed by atoms with Gasteiger partial charge < -0.3 is 49.0 Å². The quantitative estimate of drug-likeness (QED) is 0.0617. The number of fused-ring (bicyclic) bond motifs is 8. The zero-order chi connectivity index (χ0) is 90.6. The Morgan fingerprint density at radius 2 is 0.654 bits per heavy atom. The highest BCUT2D eigenvalue weighted by Gasteiger charge is 2.52. The molecule has 4 saturated heterocycles. The van der Waals surface area contributed by atoms with Gasteiger partial charge in [-0.15, -0.1) is 47.0 Å². The molecule has 20 rings (SSSR count). The molecule has 8 aliphatic heterocycles. The van der Waals surface area contributed by atoms with Crippen LogP contribution in [0.3, 0.4) is 0 Å². The number of ketones is 8. The van der Waals surface area contributed by atoms with Gasteiger partial charge in [0.2, 0.25) is 46.3 Å². The standard InChI is InChI=1S/C29H33NO5S.C25H24ClNO4S.2C25H25NO4S/c1-28(2,3)19-9-11-21(12-10-19)34-16-20(31)15-30-14-6-13-29(17-30)18-36-27-25(33)24(32)22-7-4-5-8-23(22)26(27)35-29;26-17-6-7-19-20(13-17)23-24(22(30)21(19)29)32-15-25(31-23)8-10-27(11-9-25)14-18(28)12-16-4-2-1-3-5-16;2*27-18(13-17-7-2-1-3-8-17)14-26-12-6-11-25(15-26)16-31-24-22(29)21(28)19-9-4-5-10-20(19)23(24)30-25/h4-5,7-12,20,31H,6,13-18H2,1-3H3;1-7,13,18,28H,8-12,14-15H2;2*1-5,7-10,18,27H,6,11-16H2/t20-,29?;18-;2*18-,25?/m0110/s1. The molecule has 7 atom stereocenters. The number of likely N-dealkylation sites (tertiary alicyclic amines) is 4. The molecule has 26 heteroatoms. The number of allylic oxidation sites excluding steroid dienone is 4. The van der Waals surface area contributed by atoms with Crippen molar-refractivity contribution in [3.05, 3.63) is 298 Å². The van der Waals surface area contributed by atoms with Crippen molar-refractivity contribution >= 4 is 128 Å². The molecular weight excluding hydrogens is 1740 g/mol. The van der Waals surface area contributed by atoms with Crippen molar-refractivity contribution in [3.63, 3.8) is 0 Å². The Kier molecular flexibility index (Phi) is 28.2. The average molecular weight is 1850 g/mol. The summed E-state index contributed by atoms with van der Waals surface area (Å²) in [4.78, 5) is 111. The van der Waals surface area contributed by atoms with Crippen molar-refractivity contribution in [1.29, 1.82) is 0 Å². The summed E-state index contributed by atoms with van der Waals surface area (Å²) in [5.74, 6) is 1.69. The molecule has 8 aromatic rings. The largest absolute Gasteiger partial charge is 0.491 e. The summed E-state index contributed by atoms with van der Waals surface area (Å²) < 4.78 is 32.1. The van der Waals surface area contributed by atoms with Crippen LogP contribution in [-0.4, -0.2) is 241 Å². The number of Topliss-reactive ketones (excluding diaryl/α,β-unsaturated/α-hetero) is 8. The third-order valence-corrected chi connectivity index (χ3v) is 31.5. The summed E-state index contributed by atoms with van der Waals surface area (Å²) in [6.07, 6.45) is 7.06. The van der Waals surface area contributed by atoms with Crippen molar-refractivity contribution in [2.45, 2.75) is 144 Å². The van der Waals surface area contributed by atoms with Gasteiger partial charge in [-0.05, 0) is 135 Å². The molecular formula is C104H107ClN4O17S4. The number of ether oxygens (including phenoxy) is 5. The summed E-state index contributed by atoms with van der Waals surface area (Å²) in [6.45, 7) is 15.4. The molecule has 4 spiro atoms. The van der Waals surface area contributed by atoms with E-state index in [1.54, 1.807) is 54.6 Å². The Morgan fingerprint density at radius 3 is 1.02 bits per heavy atom. The molecule has 4 N–H and O–H groups in total. The number of rotatable bonds is 17. The first-order chi connectivity index (χ1) is 62.7. The van der Waals surface area contributed by atoms with E-state index in [1.165, 1.54) is 52.6 Å². The minimum atomic E-state index is -0.636. The lowest BCUT2D eigenvalue weighted by Gasteiger charge is -2.46. The monoisotopic (exact) mass is 1850 g/mol. The molecule has 0 amide bonds. The van der Waals surface area contributed by atoms with Crippen LogP contribution < -0.4 is 4.74 Å². The lowest BCUT2D eigenvalue weighted by atomic mass is 9.87. The second kappa shape index (κ2) is 39.7. The number of halogens is 1. The maximum atomic E-state index is 12.7. The zero-order valence-electron chi connectivity index (χ0n) is 73.1. The van der Waals surface area contributed by atoms with Gasteiger partial charge in [-0.2, -0.15) is 0 Å². The third-order valence-electron chi connectivity index (χ3n) is 26.0. The fourth-order valence-electron chi connectivity index (χ4n) is 19.4. The predicted molar refractivity (Wildman–Crippen MR) is 509 cm³/mol. The van der Waals surface area contributed by atoms with E-state index in [-0.39, 0.29) is 17.6 Å². The Morgan fingerprint density at radius 1 is 0.346 bits per heavy atom. The molecule has 21 nitrogen and oxygen atoms in total. The van der Waals surface area contributed by atoms with Crippen molar-refractivity contribution in [2.24, 2.45) is 0 Å². The SMILES string of the molecule is CC(C)(C)c1ccc(OC[C@@H](O)CN2CCCC3(CSC4=C(O3)c3ccccc3C(=O)C4=O)C2)cc1.O=C1C(=O)c2ccc(Cl)cc2C2=C1SCC1(CCN(C[C@H](O)Cc3ccccc3)CC1)O2.O=C1C(=O)c2ccccc2C2=C1SCC1(CCCN(C[C@@H](O)Cc3ccccc3)C1)O2.O=C1C(=O)c2ccccc2C2=C1SCC1(CCCN(C[C@H](O)Cc3ccccc3)C1)O2. The summed E-state index contributed by atoms with van der Waals surface area (Å²) >= 11 is 11.9. The number of hydrogen-bond donors (Lipinski definition) is 4. The number of piperidine rings is 4. The minimum Gasteiger partial charge on any atom is -0.491 e. The molecule has 0 aromatic heterocycles. The first kappa shape index (κ1) is 92.3. The van der Waals surface area contributed by atoms with E-state index < -0.39 is 87.5 Å². The summed E-state index contributed by atoms with van der Waals surface area (Å²) in [5.41, 5.74) is 7.41. The Balaban J connectivity index is 0.000000122. The van der Waals surface area contributed by atoms with E-state index >= 15 is 0 Å². The molecule has 8 aromatic carbocycles. The molecule has 0 bridgehead atoms. The van der Waals surface area contributed by atoms with Crippen LogP contribution in [0.1, 0.15) is 158 Å². The first-order valence-electron chi connectivity index (χ1n) is 44.8. The maximum absolute atomic E-state index is 12.7. The van der Waals surface area contributed by atoms with E-state index in [1.807, 2.05) is 140 Å². The van der Waals surface area contributed by atoms with Crippen LogP contribution in [0.4, 0.5) is 0 Å². The highest BCUT2D eigenvalue weighted by molar-refractivity contribution is 8.05. The molecule has 0 saturated carbocycles. The van der Waals surface area contributed by atoms with Crippen LogP contribution in [0, 0.1) is 0 Å². The van der Waals surface area contributed by atoms with Crippen molar-refractivity contribution in [2.75, 3.05) is 108 Å². The van der Waals surface area contributed by atoms with E-state index in [2.05, 4.69) is 52.5 Å². The molecule has 676 valence electrons. The second-order valence-electron chi connectivity index (χ2n) is 37.0. The zero-order valence-corrected chi connectivity index (χ0v) is 77.2. The predicted octanol–water partition coefficient (Wildman–Crippen LogP) is 15.1. The van der Waals surface area contributed by atoms with Gasteiger partial charge in [0.15, 0.2) is 0 Å². The molecule has 4 aliphatic carbocycles. The van der Waals surface area contributed by atoms with Crippen molar-refractivity contribution < 1.29 is 82.5 Å². The van der Waals surface area contributed by atoms with Gasteiger partial charge in [0.05, 0.1) is 18.3 Å². The molecule has 8 heterocycles. The van der Waals surface area contributed by atoms with Crippen LogP contribution in [0.15, 0.2) is 226 Å². The topological polar surface area (TPSA) is 277 Å². The van der Waals surface area contributed by atoms with Crippen LogP contribution in [0.5, 0.6) is 5.75 Å². The normalized spacial score (nSPS) is 23.4. The highest BCUT2D eigenvalue weighted by atomic mass is 35.5. The van der Waals surface area contributed by atoms with Gasteiger partial charge in [0.25, 0.3) is 0 Å². The number of benzene rings is 8. The summed E-state index contributed by atoms with van der Waals surface area (Å²) in [7, 11) is 0. The number of carbonyl (C=O) groups excluding carboxylic acids is 8. The van der Waals surface area contributed by atoms with Gasteiger partial charge >= 0.3 is 0 Å².